The van der Waals surface area contributed by atoms with Crippen molar-refractivity contribution >= 4 is 22.4 Å². The second kappa shape index (κ2) is 6.48. The molecule has 4 nitrogen and oxygen atoms in total. The third-order valence-corrected chi connectivity index (χ3v) is 4.83. The van der Waals surface area contributed by atoms with E-state index in [-0.39, 0.29) is 11.8 Å². The Hall–Kier alpha value is -1.88. The number of nitrogens with one attached hydrogen (secondary N) is 1. The smallest absolute Gasteiger partial charge is 0.229 e. The van der Waals surface area contributed by atoms with Crippen LogP contribution in [0.4, 0.5) is 5.13 Å². The molecule has 0 unspecified atom stereocenters. The van der Waals surface area contributed by atoms with Crippen LogP contribution in [0.3, 0.4) is 0 Å². The highest BCUT2D eigenvalue weighted by molar-refractivity contribution is 7.16. The van der Waals surface area contributed by atoms with Gasteiger partial charge in [0.25, 0.3) is 0 Å². The first kappa shape index (κ1) is 15.0. The van der Waals surface area contributed by atoms with Crippen LogP contribution in [0.15, 0.2) is 24.3 Å². The Balaban J connectivity index is 1.75. The number of hydrogen-bond acceptors (Lipinski definition) is 4. The number of carbonyl (C=O) groups is 1. The van der Waals surface area contributed by atoms with Crippen molar-refractivity contribution in [3.8, 4) is 17.0 Å². The molecule has 1 fully saturated rings. The molecule has 2 aromatic rings. The lowest BCUT2D eigenvalue weighted by molar-refractivity contribution is -0.122. The highest BCUT2D eigenvalue weighted by Crippen LogP contribution is 2.33. The molecule has 1 N–H and O–H groups in total. The van der Waals surface area contributed by atoms with Crippen molar-refractivity contribution in [2.45, 2.75) is 33.1 Å². The summed E-state index contributed by atoms with van der Waals surface area (Å²) in [7, 11) is 0. The molecule has 0 bridgehead atoms. The van der Waals surface area contributed by atoms with E-state index in [2.05, 4.69) is 10.3 Å². The van der Waals surface area contributed by atoms with Gasteiger partial charge in [-0.15, -0.1) is 11.3 Å². The Bertz CT molecular complexity index is 660. The zero-order valence-electron chi connectivity index (χ0n) is 12.9. The van der Waals surface area contributed by atoms with Crippen LogP contribution in [-0.4, -0.2) is 17.5 Å². The normalized spacial score (nSPS) is 14.5. The molecule has 0 radical (unpaired) electrons. The van der Waals surface area contributed by atoms with Crippen LogP contribution in [0.5, 0.6) is 5.75 Å². The van der Waals surface area contributed by atoms with Gasteiger partial charge >= 0.3 is 0 Å². The summed E-state index contributed by atoms with van der Waals surface area (Å²) in [5.74, 6) is 1.15. The minimum atomic E-state index is 0.109. The third kappa shape index (κ3) is 3.14. The number of aromatic nitrogens is 1. The average molecular weight is 316 g/mol. The zero-order chi connectivity index (χ0) is 15.5. The molecule has 1 saturated carbocycles. The van der Waals surface area contributed by atoms with Gasteiger partial charge in [-0.1, -0.05) is 6.42 Å². The molecule has 0 aliphatic heterocycles. The first-order chi connectivity index (χ1) is 10.7. The van der Waals surface area contributed by atoms with Gasteiger partial charge in [-0.2, -0.15) is 0 Å². The molecule has 1 aromatic heterocycles. The number of amides is 1. The van der Waals surface area contributed by atoms with Crippen molar-refractivity contribution in [3.05, 3.63) is 29.1 Å². The lowest BCUT2D eigenvalue weighted by Gasteiger charge is -2.23. The maximum Gasteiger partial charge on any atom is 0.229 e. The summed E-state index contributed by atoms with van der Waals surface area (Å²) in [4.78, 5) is 17.7. The van der Waals surface area contributed by atoms with E-state index in [4.69, 9.17) is 4.74 Å². The zero-order valence-corrected chi connectivity index (χ0v) is 13.7. The number of carbonyl (C=O) groups excluding carboxylic acids is 1. The second-order valence-electron chi connectivity index (χ2n) is 5.50. The second-order valence-corrected chi connectivity index (χ2v) is 6.70. The molecule has 5 heteroatoms. The van der Waals surface area contributed by atoms with Crippen LogP contribution in [0.1, 0.15) is 31.1 Å². The maximum atomic E-state index is 12.0. The van der Waals surface area contributed by atoms with Crippen LogP contribution in [0.2, 0.25) is 0 Å². The summed E-state index contributed by atoms with van der Waals surface area (Å²) in [5, 5.41) is 3.64. The van der Waals surface area contributed by atoms with Gasteiger partial charge in [-0.25, -0.2) is 4.98 Å². The van der Waals surface area contributed by atoms with Crippen molar-refractivity contribution in [2.24, 2.45) is 5.92 Å². The van der Waals surface area contributed by atoms with Crippen LogP contribution in [-0.2, 0) is 4.79 Å². The Morgan fingerprint density at radius 2 is 2.09 bits per heavy atom. The van der Waals surface area contributed by atoms with Gasteiger partial charge in [0.05, 0.1) is 12.3 Å². The van der Waals surface area contributed by atoms with E-state index >= 15 is 0 Å². The fraction of sp³-hybridized carbons (Fsp3) is 0.412. The Morgan fingerprint density at radius 1 is 1.36 bits per heavy atom. The highest BCUT2D eigenvalue weighted by Gasteiger charge is 2.26. The third-order valence-electron chi connectivity index (χ3n) is 3.94. The number of rotatable bonds is 5. The fourth-order valence-electron chi connectivity index (χ4n) is 2.47. The van der Waals surface area contributed by atoms with Crippen molar-refractivity contribution in [1.29, 1.82) is 0 Å². The lowest BCUT2D eigenvalue weighted by atomic mass is 9.85. The molecule has 0 saturated heterocycles. The molecule has 1 heterocycles. The lowest BCUT2D eigenvalue weighted by Crippen LogP contribution is -2.27. The van der Waals surface area contributed by atoms with Gasteiger partial charge in [0, 0.05) is 16.4 Å². The van der Waals surface area contributed by atoms with E-state index in [9.17, 15) is 4.79 Å². The van der Waals surface area contributed by atoms with Gasteiger partial charge in [0.1, 0.15) is 5.75 Å². The van der Waals surface area contributed by atoms with E-state index in [1.54, 1.807) is 0 Å². The Morgan fingerprint density at radius 3 is 2.68 bits per heavy atom. The van der Waals surface area contributed by atoms with Crippen molar-refractivity contribution < 1.29 is 9.53 Å². The Kier molecular flexibility index (Phi) is 4.43. The van der Waals surface area contributed by atoms with Crippen molar-refractivity contribution in [3.63, 3.8) is 0 Å². The number of benzene rings is 1. The van der Waals surface area contributed by atoms with E-state index in [1.165, 1.54) is 11.3 Å². The van der Waals surface area contributed by atoms with Crippen LogP contribution in [0, 0.1) is 12.8 Å². The number of thiazole rings is 1. The van der Waals surface area contributed by atoms with Gasteiger partial charge in [0.15, 0.2) is 5.13 Å². The van der Waals surface area contributed by atoms with E-state index in [1.807, 2.05) is 38.1 Å². The molecular formula is C17H20N2O2S. The van der Waals surface area contributed by atoms with E-state index < -0.39 is 0 Å². The summed E-state index contributed by atoms with van der Waals surface area (Å²) in [6, 6.07) is 7.91. The molecule has 1 aliphatic carbocycles. The predicted octanol–water partition coefficient (Wildman–Crippen LogP) is 4.26. The highest BCUT2D eigenvalue weighted by atomic mass is 32.1. The van der Waals surface area contributed by atoms with Gasteiger partial charge in [0.2, 0.25) is 5.91 Å². The van der Waals surface area contributed by atoms with Gasteiger partial charge in [-0.3, -0.25) is 4.79 Å². The van der Waals surface area contributed by atoms with Crippen LogP contribution in [0.25, 0.3) is 11.3 Å². The van der Waals surface area contributed by atoms with Crippen LogP contribution >= 0.6 is 11.3 Å². The first-order valence-corrected chi connectivity index (χ1v) is 8.50. The molecule has 1 amide bonds. The van der Waals surface area contributed by atoms with Crippen molar-refractivity contribution in [1.82, 2.24) is 4.98 Å². The number of aryl methyl sites for hydroxylation is 1. The summed E-state index contributed by atoms with van der Waals surface area (Å²) < 4.78 is 5.46. The quantitative estimate of drug-likeness (QED) is 0.897. The number of anilines is 1. The molecule has 1 aromatic carbocycles. The standard InChI is InChI=1S/C17H20N2O2S/c1-3-21-14-9-7-12(8-10-14)15-11(2)22-17(18-15)19-16(20)13-5-4-6-13/h7-10,13H,3-6H2,1-2H3,(H,18,19,20). The SMILES string of the molecule is CCOc1ccc(-c2nc(NC(=O)C3CCC3)sc2C)cc1. The molecule has 22 heavy (non-hydrogen) atoms. The minimum Gasteiger partial charge on any atom is -0.494 e. The summed E-state index contributed by atoms with van der Waals surface area (Å²) in [5.41, 5.74) is 1.97. The topological polar surface area (TPSA) is 51.2 Å². The monoisotopic (exact) mass is 316 g/mol. The van der Waals surface area contributed by atoms with Crippen molar-refractivity contribution in [2.75, 3.05) is 11.9 Å². The van der Waals surface area contributed by atoms with Gasteiger partial charge in [-0.05, 0) is 51.0 Å². The van der Waals surface area contributed by atoms with E-state index in [0.717, 1.165) is 41.1 Å². The number of nitrogens with zero attached hydrogens (tertiary/aromatic N) is 1. The number of ether oxygens (including phenoxy) is 1. The summed E-state index contributed by atoms with van der Waals surface area (Å²) in [6.07, 6.45) is 3.16. The molecule has 3 rings (SSSR count). The average Bonchev–Trinajstić information content (AvgIpc) is 2.78. The summed E-state index contributed by atoms with van der Waals surface area (Å²) >= 11 is 1.53. The maximum absolute atomic E-state index is 12.0. The minimum absolute atomic E-state index is 0.109. The molecular weight excluding hydrogens is 296 g/mol. The first-order valence-electron chi connectivity index (χ1n) is 7.69. The van der Waals surface area contributed by atoms with Crippen LogP contribution < -0.4 is 10.1 Å². The van der Waals surface area contributed by atoms with Gasteiger partial charge < -0.3 is 10.1 Å². The molecule has 0 atom stereocenters. The predicted molar refractivity (Wildman–Crippen MR) is 89.4 cm³/mol. The summed E-state index contributed by atoms with van der Waals surface area (Å²) in [6.45, 7) is 4.66. The Labute approximate surface area is 134 Å². The number of hydrogen-bond donors (Lipinski definition) is 1. The molecule has 116 valence electrons. The largest absolute Gasteiger partial charge is 0.494 e. The molecule has 1 aliphatic rings. The molecule has 0 spiro atoms. The van der Waals surface area contributed by atoms with E-state index in [0.29, 0.717) is 11.7 Å². The fourth-order valence-corrected chi connectivity index (χ4v) is 3.31.